The summed E-state index contributed by atoms with van der Waals surface area (Å²) in [6, 6.07) is 3.77. The van der Waals surface area contributed by atoms with Crippen LogP contribution in [0.1, 0.15) is 53.6 Å². The zero-order chi connectivity index (χ0) is 13.4. The molecule has 0 fully saturated rings. The minimum Gasteiger partial charge on any atom is -0.356 e. The molecule has 0 aliphatic carbocycles. The monoisotopic (exact) mass is 267 g/mol. The van der Waals surface area contributed by atoms with E-state index in [1.807, 2.05) is 19.1 Å². The van der Waals surface area contributed by atoms with Crippen molar-refractivity contribution in [2.24, 2.45) is 0 Å². The third-order valence-corrected chi connectivity index (χ3v) is 3.74. The van der Waals surface area contributed by atoms with Crippen LogP contribution in [0.15, 0.2) is 12.1 Å². The van der Waals surface area contributed by atoms with E-state index >= 15 is 0 Å². The molecule has 0 unspecified atom stereocenters. The van der Waals surface area contributed by atoms with Crippen LogP contribution in [-0.2, 0) is 4.79 Å². The zero-order valence-electron chi connectivity index (χ0n) is 11.1. The molecule has 3 nitrogen and oxygen atoms in total. The molecule has 1 amide bonds. The lowest BCUT2D eigenvalue weighted by Gasteiger charge is -2.03. The summed E-state index contributed by atoms with van der Waals surface area (Å²) in [4.78, 5) is 25.1. The average molecular weight is 267 g/mol. The number of unbranched alkanes of at least 4 members (excludes halogenated alkanes) is 2. The van der Waals surface area contributed by atoms with E-state index in [4.69, 9.17) is 0 Å². The lowest BCUT2D eigenvalue weighted by atomic mass is 10.2. The van der Waals surface area contributed by atoms with Gasteiger partial charge in [0, 0.05) is 24.3 Å². The maximum absolute atomic E-state index is 11.8. The van der Waals surface area contributed by atoms with Crippen molar-refractivity contribution in [3.8, 4) is 0 Å². The van der Waals surface area contributed by atoms with Crippen molar-refractivity contribution in [1.29, 1.82) is 0 Å². The normalized spacial score (nSPS) is 10.3. The van der Waals surface area contributed by atoms with E-state index in [9.17, 15) is 9.59 Å². The Hall–Kier alpha value is -1.16. The minimum atomic E-state index is -0.0206. The third kappa shape index (κ3) is 5.45. The van der Waals surface area contributed by atoms with Crippen LogP contribution in [0.3, 0.4) is 0 Å². The molecule has 0 atom stereocenters. The third-order valence-electron chi connectivity index (χ3n) is 2.70. The van der Waals surface area contributed by atoms with Gasteiger partial charge >= 0.3 is 0 Å². The van der Waals surface area contributed by atoms with Crippen LogP contribution in [-0.4, -0.2) is 18.2 Å². The molecule has 18 heavy (non-hydrogen) atoms. The van der Waals surface area contributed by atoms with E-state index in [-0.39, 0.29) is 11.7 Å². The van der Waals surface area contributed by atoms with Crippen LogP contribution in [0.4, 0.5) is 0 Å². The Morgan fingerprint density at radius 3 is 2.61 bits per heavy atom. The summed E-state index contributed by atoms with van der Waals surface area (Å²) >= 11 is 1.49. The molecule has 1 aromatic heterocycles. The number of rotatable bonds is 8. The molecule has 0 radical (unpaired) electrons. The molecule has 0 saturated carbocycles. The van der Waals surface area contributed by atoms with Gasteiger partial charge in [0.15, 0.2) is 5.78 Å². The van der Waals surface area contributed by atoms with Gasteiger partial charge in [-0.15, -0.1) is 11.3 Å². The van der Waals surface area contributed by atoms with Gasteiger partial charge in [0.05, 0.1) is 4.88 Å². The number of hydrogen-bond acceptors (Lipinski definition) is 3. The second kappa shape index (κ2) is 8.03. The SMILES string of the molecule is CCCCCNC(=O)CCC(=O)c1ccc(C)s1. The molecule has 0 aliphatic rings. The number of Topliss-reactive ketones (excluding diaryl/α,β-unsaturated/α-hetero) is 1. The molecule has 1 heterocycles. The summed E-state index contributed by atoms with van der Waals surface area (Å²) in [5.41, 5.74) is 0. The number of aryl methyl sites for hydroxylation is 1. The molecule has 0 bridgehead atoms. The lowest BCUT2D eigenvalue weighted by molar-refractivity contribution is -0.121. The van der Waals surface area contributed by atoms with Crippen LogP contribution in [0, 0.1) is 6.92 Å². The lowest BCUT2D eigenvalue weighted by Crippen LogP contribution is -2.24. The van der Waals surface area contributed by atoms with Crippen LogP contribution in [0.25, 0.3) is 0 Å². The molecule has 1 N–H and O–H groups in total. The molecule has 1 aromatic rings. The fourth-order valence-corrected chi connectivity index (χ4v) is 2.46. The largest absolute Gasteiger partial charge is 0.356 e. The highest BCUT2D eigenvalue weighted by molar-refractivity contribution is 7.14. The smallest absolute Gasteiger partial charge is 0.220 e. The van der Waals surface area contributed by atoms with Crippen LogP contribution < -0.4 is 5.32 Å². The highest BCUT2D eigenvalue weighted by atomic mass is 32.1. The first-order chi connectivity index (χ1) is 8.63. The van der Waals surface area contributed by atoms with E-state index in [0.717, 1.165) is 35.6 Å². The van der Waals surface area contributed by atoms with Crippen LogP contribution >= 0.6 is 11.3 Å². The summed E-state index contributed by atoms with van der Waals surface area (Å²) in [7, 11) is 0. The van der Waals surface area contributed by atoms with Crippen molar-refractivity contribution in [2.45, 2.75) is 46.0 Å². The first-order valence-electron chi connectivity index (χ1n) is 6.49. The number of hydrogen-bond donors (Lipinski definition) is 1. The molecule has 100 valence electrons. The van der Waals surface area contributed by atoms with Crippen molar-refractivity contribution in [3.63, 3.8) is 0 Å². The Morgan fingerprint density at radius 1 is 1.22 bits per heavy atom. The summed E-state index contributed by atoms with van der Waals surface area (Å²) < 4.78 is 0. The van der Waals surface area contributed by atoms with Gasteiger partial charge in [0.2, 0.25) is 5.91 Å². The topological polar surface area (TPSA) is 46.2 Å². The van der Waals surface area contributed by atoms with E-state index < -0.39 is 0 Å². The van der Waals surface area contributed by atoms with Gasteiger partial charge in [-0.1, -0.05) is 19.8 Å². The Balaban J connectivity index is 2.20. The first kappa shape index (κ1) is 14.9. The summed E-state index contributed by atoms with van der Waals surface area (Å²) in [6.45, 7) is 4.82. The Morgan fingerprint density at radius 2 is 2.00 bits per heavy atom. The number of amides is 1. The molecule has 0 saturated heterocycles. The zero-order valence-corrected chi connectivity index (χ0v) is 11.9. The van der Waals surface area contributed by atoms with E-state index in [2.05, 4.69) is 12.2 Å². The number of carbonyl (C=O) groups is 2. The maximum atomic E-state index is 11.8. The highest BCUT2D eigenvalue weighted by Crippen LogP contribution is 2.17. The van der Waals surface area contributed by atoms with E-state index in [0.29, 0.717) is 12.8 Å². The summed E-state index contributed by atoms with van der Waals surface area (Å²) in [5, 5.41) is 2.84. The van der Waals surface area contributed by atoms with Crippen molar-refractivity contribution < 1.29 is 9.59 Å². The summed E-state index contributed by atoms with van der Waals surface area (Å²) in [6.07, 6.45) is 3.89. The number of thiophene rings is 1. The first-order valence-corrected chi connectivity index (χ1v) is 7.31. The summed E-state index contributed by atoms with van der Waals surface area (Å²) in [5.74, 6) is 0.0459. The second-order valence-corrected chi connectivity index (χ2v) is 5.68. The maximum Gasteiger partial charge on any atom is 0.220 e. The van der Waals surface area contributed by atoms with Crippen LogP contribution in [0.2, 0.25) is 0 Å². The molecule has 0 aromatic carbocycles. The minimum absolute atomic E-state index is 0.0206. The molecular formula is C14H21NO2S. The highest BCUT2D eigenvalue weighted by Gasteiger charge is 2.10. The van der Waals surface area contributed by atoms with Crippen molar-refractivity contribution in [2.75, 3.05) is 6.54 Å². The average Bonchev–Trinajstić information content (AvgIpc) is 2.78. The fraction of sp³-hybridized carbons (Fsp3) is 0.571. The predicted octanol–water partition coefficient (Wildman–Crippen LogP) is 3.33. The van der Waals surface area contributed by atoms with Gasteiger partial charge in [0.1, 0.15) is 0 Å². The van der Waals surface area contributed by atoms with Gasteiger partial charge in [-0.3, -0.25) is 9.59 Å². The van der Waals surface area contributed by atoms with Crippen molar-refractivity contribution >= 4 is 23.0 Å². The number of nitrogens with one attached hydrogen (secondary N) is 1. The second-order valence-electron chi connectivity index (χ2n) is 4.39. The number of ketones is 1. The van der Waals surface area contributed by atoms with E-state index in [1.165, 1.54) is 11.3 Å². The van der Waals surface area contributed by atoms with Gasteiger partial charge in [-0.2, -0.15) is 0 Å². The molecule has 0 aliphatic heterocycles. The Kier molecular flexibility index (Phi) is 6.65. The van der Waals surface area contributed by atoms with Crippen molar-refractivity contribution in [3.05, 3.63) is 21.9 Å². The van der Waals surface area contributed by atoms with Gasteiger partial charge in [-0.05, 0) is 25.5 Å². The molecule has 0 spiro atoms. The quantitative estimate of drug-likeness (QED) is 0.580. The van der Waals surface area contributed by atoms with Gasteiger partial charge in [0.25, 0.3) is 0 Å². The Labute approximate surface area is 113 Å². The molecule has 1 rings (SSSR count). The van der Waals surface area contributed by atoms with Crippen molar-refractivity contribution in [1.82, 2.24) is 5.32 Å². The standard InChI is InChI=1S/C14H21NO2S/c1-3-4-5-10-15-14(17)9-7-12(16)13-8-6-11(2)18-13/h6,8H,3-5,7,9-10H2,1-2H3,(H,15,17). The predicted molar refractivity (Wildman–Crippen MR) is 75.2 cm³/mol. The fourth-order valence-electron chi connectivity index (χ4n) is 1.63. The Bertz CT molecular complexity index is 398. The number of carbonyl (C=O) groups excluding carboxylic acids is 2. The molecule has 4 heteroatoms. The van der Waals surface area contributed by atoms with Gasteiger partial charge in [-0.25, -0.2) is 0 Å². The molecular weight excluding hydrogens is 246 g/mol. The van der Waals surface area contributed by atoms with Crippen LogP contribution in [0.5, 0.6) is 0 Å². The van der Waals surface area contributed by atoms with E-state index in [1.54, 1.807) is 0 Å². The van der Waals surface area contributed by atoms with Gasteiger partial charge < -0.3 is 5.32 Å².